The molecular formula is C15H21N3O. The molecule has 1 aromatic rings. The molecule has 2 aliphatic rings. The molecule has 3 rings (SSSR count). The van der Waals surface area contributed by atoms with E-state index < -0.39 is 0 Å². The van der Waals surface area contributed by atoms with Crippen LogP contribution in [0.15, 0.2) is 24.3 Å². The maximum Gasteiger partial charge on any atom is 0.241 e. The minimum absolute atomic E-state index is 0.178. The molecule has 2 fully saturated rings. The van der Waals surface area contributed by atoms with Crippen molar-refractivity contribution in [2.45, 2.75) is 24.8 Å². The molecule has 1 aliphatic heterocycles. The van der Waals surface area contributed by atoms with Gasteiger partial charge in [-0.3, -0.25) is 4.79 Å². The topological polar surface area (TPSA) is 49.6 Å². The molecule has 1 heterocycles. The predicted octanol–water partition coefficient (Wildman–Crippen LogP) is 1.30. The Morgan fingerprint density at radius 3 is 2.58 bits per heavy atom. The van der Waals surface area contributed by atoms with Crippen LogP contribution in [0.1, 0.15) is 24.8 Å². The lowest BCUT2D eigenvalue weighted by Crippen LogP contribution is -2.50. The number of hydrogen-bond acceptors (Lipinski definition) is 3. The van der Waals surface area contributed by atoms with Crippen molar-refractivity contribution < 1.29 is 4.79 Å². The Morgan fingerprint density at radius 1 is 1.21 bits per heavy atom. The number of anilines is 1. The first kappa shape index (κ1) is 12.5. The van der Waals surface area contributed by atoms with Gasteiger partial charge >= 0.3 is 0 Å². The molecule has 4 heteroatoms. The minimum atomic E-state index is -0.178. The van der Waals surface area contributed by atoms with Crippen molar-refractivity contribution >= 4 is 11.6 Å². The number of para-hydroxylation sites is 1. The molecule has 0 spiro atoms. The van der Waals surface area contributed by atoms with Crippen molar-refractivity contribution in [2.24, 2.45) is 5.73 Å². The smallest absolute Gasteiger partial charge is 0.241 e. The minimum Gasteiger partial charge on any atom is -0.360 e. The van der Waals surface area contributed by atoms with Crippen LogP contribution in [0.5, 0.6) is 0 Å². The molecule has 2 N–H and O–H groups in total. The summed E-state index contributed by atoms with van der Waals surface area (Å²) in [5.74, 6) is 0.181. The number of carbonyl (C=O) groups is 1. The second-order valence-corrected chi connectivity index (χ2v) is 5.76. The van der Waals surface area contributed by atoms with Gasteiger partial charge in [0.15, 0.2) is 0 Å². The van der Waals surface area contributed by atoms with E-state index in [1.807, 2.05) is 19.2 Å². The van der Waals surface area contributed by atoms with E-state index in [0.717, 1.165) is 31.6 Å². The molecule has 102 valence electrons. The Labute approximate surface area is 114 Å². The average Bonchev–Trinajstić information content (AvgIpc) is 2.39. The summed E-state index contributed by atoms with van der Waals surface area (Å²) >= 11 is 0. The van der Waals surface area contributed by atoms with Crippen molar-refractivity contribution in [1.82, 2.24) is 4.90 Å². The Morgan fingerprint density at radius 2 is 1.95 bits per heavy atom. The Balaban J connectivity index is 1.90. The lowest BCUT2D eigenvalue weighted by molar-refractivity contribution is -0.129. The molecule has 19 heavy (non-hydrogen) atoms. The molecule has 4 nitrogen and oxygen atoms in total. The van der Waals surface area contributed by atoms with E-state index in [1.165, 1.54) is 12.0 Å². The summed E-state index contributed by atoms with van der Waals surface area (Å²) in [5, 5.41) is 0. The highest BCUT2D eigenvalue weighted by molar-refractivity contribution is 5.83. The SMILES string of the molecule is CN1CCN(c2ccccc2C2(N)CCC2)CC1=O. The van der Waals surface area contributed by atoms with Gasteiger partial charge in [0.2, 0.25) is 5.91 Å². The van der Waals surface area contributed by atoms with Crippen LogP contribution in [0.25, 0.3) is 0 Å². The molecule has 1 aromatic carbocycles. The van der Waals surface area contributed by atoms with Gasteiger partial charge in [-0.2, -0.15) is 0 Å². The van der Waals surface area contributed by atoms with E-state index >= 15 is 0 Å². The van der Waals surface area contributed by atoms with Gasteiger partial charge in [0.05, 0.1) is 6.54 Å². The van der Waals surface area contributed by atoms with E-state index in [2.05, 4.69) is 17.0 Å². The van der Waals surface area contributed by atoms with Crippen LogP contribution in [0.4, 0.5) is 5.69 Å². The monoisotopic (exact) mass is 259 g/mol. The highest BCUT2D eigenvalue weighted by Gasteiger charge is 2.37. The van der Waals surface area contributed by atoms with Crippen LogP contribution >= 0.6 is 0 Å². The third kappa shape index (κ3) is 2.10. The maximum absolute atomic E-state index is 11.9. The zero-order chi connectivity index (χ0) is 13.5. The summed E-state index contributed by atoms with van der Waals surface area (Å²) in [4.78, 5) is 15.8. The van der Waals surface area contributed by atoms with Crippen LogP contribution in [0, 0.1) is 0 Å². The maximum atomic E-state index is 11.9. The van der Waals surface area contributed by atoms with Crippen molar-refractivity contribution in [1.29, 1.82) is 0 Å². The first-order chi connectivity index (χ1) is 9.10. The van der Waals surface area contributed by atoms with Gasteiger partial charge in [0, 0.05) is 31.4 Å². The second-order valence-electron chi connectivity index (χ2n) is 5.76. The van der Waals surface area contributed by atoms with Crippen molar-refractivity contribution in [2.75, 3.05) is 31.6 Å². The number of nitrogens with zero attached hydrogens (tertiary/aromatic N) is 2. The van der Waals surface area contributed by atoms with Gasteiger partial charge in [-0.1, -0.05) is 18.2 Å². The number of benzene rings is 1. The molecule has 1 saturated heterocycles. The molecule has 1 saturated carbocycles. The van der Waals surface area contributed by atoms with Gasteiger partial charge in [-0.15, -0.1) is 0 Å². The number of hydrogen-bond donors (Lipinski definition) is 1. The van der Waals surface area contributed by atoms with E-state index in [4.69, 9.17) is 5.73 Å². The molecular weight excluding hydrogens is 238 g/mol. The van der Waals surface area contributed by atoms with E-state index in [9.17, 15) is 4.79 Å². The number of likely N-dealkylation sites (N-methyl/N-ethyl adjacent to an activating group) is 1. The standard InChI is InChI=1S/C15H21N3O/c1-17-9-10-18(11-14(17)19)13-6-3-2-5-12(13)15(16)7-4-8-15/h2-3,5-6H,4,7-11,16H2,1H3. The van der Waals surface area contributed by atoms with Crippen LogP contribution in [-0.2, 0) is 10.3 Å². The largest absolute Gasteiger partial charge is 0.360 e. The third-order valence-electron chi connectivity index (χ3n) is 4.48. The number of nitrogens with two attached hydrogens (primary N) is 1. The summed E-state index contributed by atoms with van der Waals surface area (Å²) < 4.78 is 0. The quantitative estimate of drug-likeness (QED) is 0.871. The van der Waals surface area contributed by atoms with Crippen LogP contribution in [-0.4, -0.2) is 37.5 Å². The van der Waals surface area contributed by atoms with Gasteiger partial charge in [0.1, 0.15) is 0 Å². The number of piperazine rings is 1. The normalized spacial score (nSPS) is 22.3. The number of rotatable bonds is 2. The third-order valence-corrected chi connectivity index (χ3v) is 4.48. The molecule has 0 unspecified atom stereocenters. The fourth-order valence-corrected chi connectivity index (χ4v) is 2.96. The summed E-state index contributed by atoms with van der Waals surface area (Å²) in [6, 6.07) is 8.30. The number of amides is 1. The lowest BCUT2D eigenvalue weighted by atomic mass is 9.72. The molecule has 0 atom stereocenters. The highest BCUT2D eigenvalue weighted by atomic mass is 16.2. The molecule has 1 aliphatic carbocycles. The fourth-order valence-electron chi connectivity index (χ4n) is 2.96. The summed E-state index contributed by atoms with van der Waals surface area (Å²) in [6.07, 6.45) is 3.30. The molecule has 1 amide bonds. The average molecular weight is 259 g/mol. The Hall–Kier alpha value is -1.55. The first-order valence-corrected chi connectivity index (χ1v) is 6.97. The van der Waals surface area contributed by atoms with E-state index in [0.29, 0.717) is 6.54 Å². The summed E-state index contributed by atoms with van der Waals surface area (Å²) in [6.45, 7) is 2.13. The zero-order valence-electron chi connectivity index (χ0n) is 11.4. The molecule has 0 bridgehead atoms. The highest BCUT2D eigenvalue weighted by Crippen LogP contribution is 2.42. The second kappa shape index (κ2) is 4.53. The molecule has 0 aromatic heterocycles. The zero-order valence-corrected chi connectivity index (χ0v) is 11.4. The van der Waals surface area contributed by atoms with Crippen molar-refractivity contribution in [3.05, 3.63) is 29.8 Å². The summed E-state index contributed by atoms with van der Waals surface area (Å²) in [5.41, 5.74) is 8.65. The lowest BCUT2D eigenvalue weighted by Gasteiger charge is -2.42. The molecule has 0 radical (unpaired) electrons. The van der Waals surface area contributed by atoms with Gasteiger partial charge in [-0.25, -0.2) is 0 Å². The van der Waals surface area contributed by atoms with Gasteiger partial charge in [-0.05, 0) is 30.9 Å². The number of carbonyl (C=O) groups excluding carboxylic acids is 1. The first-order valence-electron chi connectivity index (χ1n) is 6.97. The van der Waals surface area contributed by atoms with E-state index in [-0.39, 0.29) is 11.4 Å². The predicted molar refractivity (Wildman–Crippen MR) is 76.0 cm³/mol. The Kier molecular flexibility index (Phi) is 2.97. The van der Waals surface area contributed by atoms with Crippen LogP contribution in [0.3, 0.4) is 0 Å². The van der Waals surface area contributed by atoms with Crippen molar-refractivity contribution in [3.8, 4) is 0 Å². The van der Waals surface area contributed by atoms with Gasteiger partial charge < -0.3 is 15.5 Å². The summed E-state index contributed by atoms with van der Waals surface area (Å²) in [7, 11) is 1.86. The fraction of sp³-hybridized carbons (Fsp3) is 0.533. The van der Waals surface area contributed by atoms with Gasteiger partial charge in [0.25, 0.3) is 0 Å². The van der Waals surface area contributed by atoms with Crippen LogP contribution in [0.2, 0.25) is 0 Å². The Bertz CT molecular complexity index is 496. The van der Waals surface area contributed by atoms with Crippen LogP contribution < -0.4 is 10.6 Å². The van der Waals surface area contributed by atoms with E-state index in [1.54, 1.807) is 4.90 Å². The van der Waals surface area contributed by atoms with Crippen molar-refractivity contribution in [3.63, 3.8) is 0 Å².